The lowest BCUT2D eigenvalue weighted by atomic mass is 10.1. The molecular formula is C12H20NO4P. The molecule has 0 aromatic heterocycles. The number of allylic oxidation sites excluding steroid dienone is 1. The fourth-order valence-corrected chi connectivity index (χ4v) is 3.70. The van der Waals surface area contributed by atoms with E-state index >= 15 is 0 Å². The van der Waals surface area contributed by atoms with E-state index in [0.29, 0.717) is 18.3 Å². The Morgan fingerprint density at radius 3 is 2.89 bits per heavy atom. The predicted molar refractivity (Wildman–Crippen MR) is 69.4 cm³/mol. The molecule has 1 unspecified atom stereocenters. The quantitative estimate of drug-likeness (QED) is 0.564. The first-order valence-electron chi connectivity index (χ1n) is 6.12. The predicted octanol–water partition coefficient (Wildman–Crippen LogP) is 1.66. The number of hydrogen-bond donors (Lipinski definition) is 1. The summed E-state index contributed by atoms with van der Waals surface area (Å²) >= 11 is 0. The molecule has 0 aromatic carbocycles. The van der Waals surface area contributed by atoms with E-state index in [4.69, 9.17) is 14.8 Å². The van der Waals surface area contributed by atoms with Crippen LogP contribution in [0.3, 0.4) is 0 Å². The molecule has 1 aliphatic heterocycles. The first-order valence-corrected chi connectivity index (χ1v) is 7.67. The lowest BCUT2D eigenvalue weighted by Crippen LogP contribution is -2.14. The van der Waals surface area contributed by atoms with E-state index in [2.05, 4.69) is 6.92 Å². The van der Waals surface area contributed by atoms with E-state index in [1.807, 2.05) is 0 Å². The smallest absolute Gasteiger partial charge is 0.267 e. The van der Waals surface area contributed by atoms with Crippen LogP contribution in [-0.2, 0) is 13.8 Å². The minimum Gasteiger partial charge on any atom is -0.627 e. The van der Waals surface area contributed by atoms with Crippen molar-refractivity contribution < 1.29 is 18.7 Å². The highest BCUT2D eigenvalue weighted by atomic mass is 31.2. The second kappa shape index (κ2) is 7.00. The molecule has 0 spiro atoms. The number of carbonyl (C=O) groups excluding carboxylic acids is 1. The third-order valence-electron chi connectivity index (χ3n) is 2.61. The van der Waals surface area contributed by atoms with Gasteiger partial charge in [-0.2, -0.15) is 0 Å². The van der Waals surface area contributed by atoms with Gasteiger partial charge in [0.1, 0.15) is 11.9 Å². The van der Waals surface area contributed by atoms with Gasteiger partial charge in [0.05, 0.1) is 6.61 Å². The number of amides is 1. The molecule has 1 rings (SSSR count). The normalized spacial score (nSPS) is 24.2. The standard InChI is InChI=1S/C12H20NO4P/c1-3-5-6-11-10(7-8-12(13)14)9-17-18(11,15)16-4-2/h7-8H,3-6,9H2,1-2H3,(H2,13,14)/b8-7+. The van der Waals surface area contributed by atoms with E-state index in [9.17, 15) is 9.69 Å². The average molecular weight is 273 g/mol. The average Bonchev–Trinajstić information content (AvgIpc) is 2.61. The van der Waals surface area contributed by atoms with Crippen molar-refractivity contribution in [2.24, 2.45) is 5.73 Å². The lowest BCUT2D eigenvalue weighted by molar-refractivity contribution is -0.213. The van der Waals surface area contributed by atoms with Gasteiger partial charge >= 0.3 is 0 Å². The Morgan fingerprint density at radius 1 is 1.61 bits per heavy atom. The summed E-state index contributed by atoms with van der Waals surface area (Å²) in [4.78, 5) is 23.2. The molecule has 1 aliphatic rings. The number of nitrogens with two attached hydrogens (primary N) is 1. The molecule has 6 heteroatoms. The molecule has 5 nitrogen and oxygen atoms in total. The molecular weight excluding hydrogens is 253 g/mol. The number of unbranched alkanes of at least 4 members (excludes halogenated alkanes) is 1. The Hall–Kier alpha value is -0.740. The summed E-state index contributed by atoms with van der Waals surface area (Å²) < 4.78 is 10.6. The summed E-state index contributed by atoms with van der Waals surface area (Å²) in [6, 6.07) is 0. The number of carbonyl (C=O) groups is 1. The topological polar surface area (TPSA) is 84.6 Å². The zero-order chi connectivity index (χ0) is 13.6. The Labute approximate surface area is 108 Å². The summed E-state index contributed by atoms with van der Waals surface area (Å²) in [5, 5.41) is 0.684. The maximum atomic E-state index is 12.5. The second-order valence-electron chi connectivity index (χ2n) is 4.00. The van der Waals surface area contributed by atoms with E-state index < -0.39 is 13.9 Å². The van der Waals surface area contributed by atoms with Crippen LogP contribution in [0.5, 0.6) is 0 Å². The Balaban J connectivity index is 2.94. The number of primary amides is 1. The molecule has 0 aromatic rings. The minimum atomic E-state index is -3.15. The van der Waals surface area contributed by atoms with Gasteiger partial charge in [-0.15, -0.1) is 0 Å². The SMILES string of the molecule is CCCCC1=C(/C=C/C(N)=O)CO[P+]1([O-])OCC. The van der Waals surface area contributed by atoms with Crippen molar-refractivity contribution in [3.63, 3.8) is 0 Å². The van der Waals surface area contributed by atoms with Gasteiger partial charge in [0.15, 0.2) is 0 Å². The third kappa shape index (κ3) is 3.89. The van der Waals surface area contributed by atoms with Crippen molar-refractivity contribution in [3.8, 4) is 0 Å². The van der Waals surface area contributed by atoms with Crippen molar-refractivity contribution in [1.29, 1.82) is 0 Å². The molecule has 0 aliphatic carbocycles. The number of rotatable bonds is 7. The van der Waals surface area contributed by atoms with Crippen molar-refractivity contribution in [3.05, 3.63) is 23.0 Å². The van der Waals surface area contributed by atoms with Crippen molar-refractivity contribution in [2.75, 3.05) is 13.2 Å². The largest absolute Gasteiger partial charge is 0.627 e. The fraction of sp³-hybridized carbons (Fsp3) is 0.583. The molecule has 0 fully saturated rings. The Kier molecular flexibility index (Phi) is 5.96. The van der Waals surface area contributed by atoms with Crippen LogP contribution in [0.15, 0.2) is 23.0 Å². The van der Waals surface area contributed by atoms with E-state index in [-0.39, 0.29) is 6.61 Å². The molecule has 1 amide bonds. The van der Waals surface area contributed by atoms with Crippen LogP contribution in [0.25, 0.3) is 0 Å². The summed E-state index contributed by atoms with van der Waals surface area (Å²) in [5.41, 5.74) is 5.80. The monoisotopic (exact) mass is 273 g/mol. The fourth-order valence-electron chi connectivity index (χ4n) is 1.75. The van der Waals surface area contributed by atoms with Crippen LogP contribution in [0.1, 0.15) is 33.1 Å². The zero-order valence-corrected chi connectivity index (χ0v) is 11.7. The van der Waals surface area contributed by atoms with Crippen LogP contribution < -0.4 is 10.6 Å². The minimum absolute atomic E-state index is 0.208. The highest BCUT2D eigenvalue weighted by Crippen LogP contribution is 2.66. The Morgan fingerprint density at radius 2 is 2.33 bits per heavy atom. The summed E-state index contributed by atoms with van der Waals surface area (Å²) in [7, 11) is -3.15. The van der Waals surface area contributed by atoms with Crippen LogP contribution in [0.4, 0.5) is 0 Å². The summed E-state index contributed by atoms with van der Waals surface area (Å²) in [6.07, 6.45) is 5.39. The first kappa shape index (κ1) is 15.3. The van der Waals surface area contributed by atoms with Gasteiger partial charge in [-0.05, 0) is 19.4 Å². The molecule has 1 heterocycles. The molecule has 0 radical (unpaired) electrons. The van der Waals surface area contributed by atoms with Crippen LogP contribution in [0.2, 0.25) is 0 Å². The molecule has 102 valence electrons. The second-order valence-corrected chi connectivity index (χ2v) is 6.05. The summed E-state index contributed by atoms with van der Waals surface area (Å²) in [5.74, 6) is -0.532. The van der Waals surface area contributed by atoms with Gasteiger partial charge in [0.2, 0.25) is 5.91 Å². The highest BCUT2D eigenvalue weighted by Gasteiger charge is 2.42. The third-order valence-corrected chi connectivity index (χ3v) is 4.85. The maximum Gasteiger partial charge on any atom is 0.267 e. The Bertz CT molecular complexity index is 367. The van der Waals surface area contributed by atoms with E-state index in [1.54, 1.807) is 13.0 Å². The molecule has 0 bridgehead atoms. The summed E-state index contributed by atoms with van der Waals surface area (Å²) in [6.45, 7) is 4.37. The van der Waals surface area contributed by atoms with E-state index in [0.717, 1.165) is 18.4 Å². The van der Waals surface area contributed by atoms with Crippen LogP contribution >= 0.6 is 7.94 Å². The van der Waals surface area contributed by atoms with Crippen molar-refractivity contribution in [2.45, 2.75) is 33.1 Å². The van der Waals surface area contributed by atoms with Crippen LogP contribution in [-0.4, -0.2) is 19.1 Å². The van der Waals surface area contributed by atoms with Crippen molar-refractivity contribution in [1.82, 2.24) is 0 Å². The van der Waals surface area contributed by atoms with Gasteiger partial charge in [-0.3, -0.25) is 4.79 Å². The van der Waals surface area contributed by atoms with E-state index in [1.165, 1.54) is 6.08 Å². The van der Waals surface area contributed by atoms with Gasteiger partial charge in [-0.25, -0.2) is 9.05 Å². The van der Waals surface area contributed by atoms with Crippen molar-refractivity contribution >= 4 is 13.9 Å². The van der Waals surface area contributed by atoms with Gasteiger partial charge in [0.25, 0.3) is 7.94 Å². The lowest BCUT2D eigenvalue weighted by Gasteiger charge is -2.23. The maximum absolute atomic E-state index is 12.5. The van der Waals surface area contributed by atoms with Crippen LogP contribution in [0, 0.1) is 0 Å². The molecule has 18 heavy (non-hydrogen) atoms. The molecule has 0 saturated heterocycles. The van der Waals surface area contributed by atoms with Gasteiger partial charge < -0.3 is 10.6 Å². The first-order chi connectivity index (χ1) is 8.53. The zero-order valence-electron chi connectivity index (χ0n) is 10.8. The molecule has 2 N–H and O–H groups in total. The molecule has 0 saturated carbocycles. The number of hydrogen-bond acceptors (Lipinski definition) is 4. The highest BCUT2D eigenvalue weighted by molar-refractivity contribution is 7.64. The van der Waals surface area contributed by atoms with Gasteiger partial charge in [-0.1, -0.05) is 13.3 Å². The molecule has 1 atom stereocenters. The van der Waals surface area contributed by atoms with Gasteiger partial charge in [0, 0.05) is 18.1 Å².